The predicted octanol–water partition coefficient (Wildman–Crippen LogP) is 9.55. The third-order valence-electron chi connectivity index (χ3n) is 12.3. The van der Waals surface area contributed by atoms with Crippen LogP contribution < -0.4 is 0 Å². The Balaban J connectivity index is 1.51. The van der Waals surface area contributed by atoms with Crippen molar-refractivity contribution in [3.05, 3.63) is 0 Å². The number of ether oxygens (including phenoxy) is 2. The van der Waals surface area contributed by atoms with Gasteiger partial charge in [-0.3, -0.25) is 4.79 Å². The van der Waals surface area contributed by atoms with Crippen LogP contribution in [0.3, 0.4) is 0 Å². The van der Waals surface area contributed by atoms with E-state index in [2.05, 4.69) is 83.1 Å². The van der Waals surface area contributed by atoms with Crippen LogP contribution in [0.25, 0.3) is 0 Å². The first-order valence-electron chi connectivity index (χ1n) is 17.2. The minimum absolute atomic E-state index is 0.0311. The van der Waals surface area contributed by atoms with Crippen molar-refractivity contribution in [1.82, 2.24) is 0 Å². The maximum absolute atomic E-state index is 13.9. The number of hydrogen-bond donors (Lipinski definition) is 1. The monoisotopic (exact) mass is 577 g/mol. The van der Waals surface area contributed by atoms with E-state index in [1.807, 2.05) is 0 Å². The lowest BCUT2D eigenvalue weighted by atomic mass is 9.60. The highest BCUT2D eigenvalue weighted by Gasteiger charge is 2.45. The van der Waals surface area contributed by atoms with Crippen LogP contribution in [0.15, 0.2) is 0 Å². The average molecular weight is 577 g/mol. The van der Waals surface area contributed by atoms with E-state index in [1.165, 1.54) is 25.7 Å². The Morgan fingerprint density at radius 3 is 1.49 bits per heavy atom. The topological polar surface area (TPSA) is 55.8 Å². The second kappa shape index (κ2) is 12.9. The Morgan fingerprint density at radius 1 is 0.585 bits per heavy atom. The summed E-state index contributed by atoms with van der Waals surface area (Å²) in [5.41, 5.74) is -0.329. The van der Waals surface area contributed by atoms with Crippen LogP contribution >= 0.6 is 0 Å². The molecule has 3 aliphatic carbocycles. The van der Waals surface area contributed by atoms with Crippen LogP contribution in [0.4, 0.5) is 0 Å². The van der Waals surface area contributed by atoms with Crippen molar-refractivity contribution in [2.45, 2.75) is 190 Å². The van der Waals surface area contributed by atoms with Gasteiger partial charge in [0.05, 0.1) is 29.5 Å². The van der Waals surface area contributed by atoms with Crippen molar-refractivity contribution in [3.63, 3.8) is 0 Å². The molecular weight excluding hydrogens is 508 g/mol. The molecule has 0 bridgehead atoms. The zero-order valence-electron chi connectivity index (χ0n) is 29.2. The molecule has 3 rings (SSSR count). The van der Waals surface area contributed by atoms with Crippen LogP contribution in [0.2, 0.25) is 0 Å². The summed E-state index contributed by atoms with van der Waals surface area (Å²) >= 11 is 0. The third-order valence-corrected chi connectivity index (χ3v) is 12.3. The first-order chi connectivity index (χ1) is 18.6. The van der Waals surface area contributed by atoms with Gasteiger partial charge in [0.2, 0.25) is 0 Å². The summed E-state index contributed by atoms with van der Waals surface area (Å²) in [6.45, 7) is 27.1. The summed E-state index contributed by atoms with van der Waals surface area (Å²) in [6, 6.07) is 0. The van der Waals surface area contributed by atoms with Crippen LogP contribution in [0.5, 0.6) is 0 Å². The molecule has 4 nitrogen and oxygen atoms in total. The number of Topliss-reactive ketones (excluding diaryl/α,β-unsaturated/α-hetero) is 1. The van der Waals surface area contributed by atoms with Gasteiger partial charge >= 0.3 is 0 Å². The van der Waals surface area contributed by atoms with Gasteiger partial charge in [-0.15, -0.1) is 0 Å². The molecule has 41 heavy (non-hydrogen) atoms. The van der Waals surface area contributed by atoms with Crippen LogP contribution in [0.1, 0.15) is 160 Å². The molecule has 0 spiro atoms. The average Bonchev–Trinajstić information content (AvgIpc) is 3.01. The Labute approximate surface area is 254 Å². The standard InChI is InChI=1S/C37H68O4/c1-33(2,3)26-17-19-27(20-18-26)35(7,8)32(39)25-13-15-28(16-14-25)36(9,10)40-30-21-22-31(24-29(38)23-30)41-37(11,12)34(4,5)6/h25-31,38H,13-24H2,1-12H3. The number of hydrogen-bond acceptors (Lipinski definition) is 4. The molecule has 0 heterocycles. The summed E-state index contributed by atoms with van der Waals surface area (Å²) in [6.07, 6.45) is 11.9. The Morgan fingerprint density at radius 2 is 1.02 bits per heavy atom. The highest BCUT2D eigenvalue weighted by atomic mass is 16.5. The molecule has 0 aromatic carbocycles. The Hall–Kier alpha value is -0.450. The molecule has 240 valence electrons. The highest BCUT2D eigenvalue weighted by molar-refractivity contribution is 5.86. The van der Waals surface area contributed by atoms with E-state index in [4.69, 9.17) is 9.47 Å². The zero-order chi connectivity index (χ0) is 31.0. The molecule has 4 heteroatoms. The summed E-state index contributed by atoms with van der Waals surface area (Å²) in [7, 11) is 0. The van der Waals surface area contributed by atoms with Gasteiger partial charge in [0, 0.05) is 11.3 Å². The van der Waals surface area contributed by atoms with Crippen LogP contribution in [-0.4, -0.2) is 40.4 Å². The van der Waals surface area contributed by atoms with Crippen molar-refractivity contribution in [2.24, 2.45) is 39.9 Å². The normalized spacial score (nSPS) is 33.3. The van der Waals surface area contributed by atoms with Gasteiger partial charge < -0.3 is 14.6 Å². The molecule has 0 aromatic heterocycles. The van der Waals surface area contributed by atoms with Crippen molar-refractivity contribution in [1.29, 1.82) is 0 Å². The largest absolute Gasteiger partial charge is 0.393 e. The number of ketones is 1. The maximum atomic E-state index is 13.9. The van der Waals surface area contributed by atoms with Gasteiger partial charge in [-0.05, 0) is 133 Å². The van der Waals surface area contributed by atoms with Gasteiger partial charge in [-0.2, -0.15) is 0 Å². The summed E-state index contributed by atoms with van der Waals surface area (Å²) in [4.78, 5) is 13.9. The molecule has 3 aliphatic rings. The second-order valence-corrected chi connectivity index (χ2v) is 18.1. The number of carbonyl (C=O) groups excluding carboxylic acids is 1. The summed E-state index contributed by atoms with van der Waals surface area (Å²) < 4.78 is 13.4. The van der Waals surface area contributed by atoms with E-state index in [0.717, 1.165) is 44.4 Å². The van der Waals surface area contributed by atoms with E-state index in [0.29, 0.717) is 35.9 Å². The van der Waals surface area contributed by atoms with E-state index < -0.39 is 6.10 Å². The molecule has 0 saturated heterocycles. The smallest absolute Gasteiger partial charge is 0.141 e. The highest BCUT2D eigenvalue weighted by Crippen LogP contribution is 2.48. The molecule has 1 N–H and O–H groups in total. The zero-order valence-corrected chi connectivity index (χ0v) is 29.2. The molecule has 3 atom stereocenters. The second-order valence-electron chi connectivity index (χ2n) is 18.1. The summed E-state index contributed by atoms with van der Waals surface area (Å²) in [5, 5.41) is 10.9. The van der Waals surface area contributed by atoms with E-state index >= 15 is 0 Å². The number of aliphatic hydroxyl groups is 1. The fourth-order valence-corrected chi connectivity index (χ4v) is 8.10. The molecule has 0 aromatic rings. The molecule has 3 fully saturated rings. The minimum atomic E-state index is -0.395. The van der Waals surface area contributed by atoms with E-state index in [9.17, 15) is 9.90 Å². The quantitative estimate of drug-likeness (QED) is 0.292. The molecule has 0 aliphatic heterocycles. The third kappa shape index (κ3) is 8.81. The van der Waals surface area contributed by atoms with Crippen LogP contribution in [0, 0.1) is 39.9 Å². The Kier molecular flexibility index (Phi) is 11.0. The molecule has 3 unspecified atom stereocenters. The number of rotatable bonds is 8. The fourth-order valence-electron chi connectivity index (χ4n) is 8.10. The van der Waals surface area contributed by atoms with Gasteiger partial charge in [0.25, 0.3) is 0 Å². The molecule has 0 radical (unpaired) electrons. The fraction of sp³-hybridized carbons (Fsp3) is 0.973. The number of aliphatic hydroxyl groups excluding tert-OH is 1. The van der Waals surface area contributed by atoms with Gasteiger partial charge in [0.1, 0.15) is 5.78 Å². The lowest BCUT2D eigenvalue weighted by Gasteiger charge is -2.45. The maximum Gasteiger partial charge on any atom is 0.141 e. The number of carbonyl (C=O) groups is 1. The first kappa shape index (κ1) is 35.0. The minimum Gasteiger partial charge on any atom is -0.393 e. The first-order valence-corrected chi connectivity index (χ1v) is 17.2. The van der Waals surface area contributed by atoms with E-state index in [1.54, 1.807) is 0 Å². The van der Waals surface area contributed by atoms with Gasteiger partial charge in [-0.25, -0.2) is 0 Å². The Bertz CT molecular complexity index is 841. The molecule has 0 amide bonds. The van der Waals surface area contributed by atoms with E-state index in [-0.39, 0.29) is 40.2 Å². The lowest BCUT2D eigenvalue weighted by Crippen LogP contribution is -2.44. The van der Waals surface area contributed by atoms with Gasteiger partial charge in [0.15, 0.2) is 0 Å². The predicted molar refractivity (Wildman–Crippen MR) is 171 cm³/mol. The molecular formula is C37H68O4. The van der Waals surface area contributed by atoms with Crippen molar-refractivity contribution < 1.29 is 19.4 Å². The van der Waals surface area contributed by atoms with Crippen molar-refractivity contribution in [3.8, 4) is 0 Å². The lowest BCUT2D eigenvalue weighted by molar-refractivity contribution is -0.143. The van der Waals surface area contributed by atoms with Crippen LogP contribution in [-0.2, 0) is 14.3 Å². The molecule has 3 saturated carbocycles. The van der Waals surface area contributed by atoms with Gasteiger partial charge in [-0.1, -0.05) is 55.4 Å². The SMILES string of the molecule is CC(C)(C)C1CCC(C(C)(C)C(=O)C2CCC(C(C)(C)OC3CCC(OC(C)(C)C(C)(C)C)CC(O)C3)CC2)CC1. The van der Waals surface area contributed by atoms with Crippen molar-refractivity contribution >= 4 is 5.78 Å². The van der Waals surface area contributed by atoms with Crippen molar-refractivity contribution in [2.75, 3.05) is 0 Å². The summed E-state index contributed by atoms with van der Waals surface area (Å²) in [5.74, 6) is 2.47.